The predicted octanol–water partition coefficient (Wildman–Crippen LogP) is 1.81. The number of likely N-dealkylation sites (tertiary alicyclic amines) is 1. The summed E-state index contributed by atoms with van der Waals surface area (Å²) in [5, 5.41) is 9.12. The van der Waals surface area contributed by atoms with E-state index in [2.05, 4.69) is 22.9 Å². The van der Waals surface area contributed by atoms with Crippen molar-refractivity contribution in [1.29, 1.82) is 5.26 Å². The molecule has 0 spiro atoms. The predicted molar refractivity (Wildman–Crippen MR) is 98.9 cm³/mol. The van der Waals surface area contributed by atoms with Crippen LogP contribution in [0.3, 0.4) is 0 Å². The van der Waals surface area contributed by atoms with E-state index in [0.29, 0.717) is 11.6 Å². The monoisotopic (exact) mass is 338 g/mol. The van der Waals surface area contributed by atoms with Gasteiger partial charge in [-0.2, -0.15) is 5.26 Å². The summed E-state index contributed by atoms with van der Waals surface area (Å²) in [7, 11) is 2.19. The number of carbonyl (C=O) groups excluding carboxylic acids is 1. The Morgan fingerprint density at radius 2 is 1.96 bits per heavy atom. The molecule has 132 valence electrons. The number of rotatable bonds is 3. The molecular weight excluding hydrogens is 312 g/mol. The largest absolute Gasteiger partial charge is 0.337 e. The fourth-order valence-corrected chi connectivity index (χ4v) is 3.76. The molecule has 5 nitrogen and oxygen atoms in total. The van der Waals surface area contributed by atoms with Gasteiger partial charge in [0.15, 0.2) is 0 Å². The maximum Gasteiger partial charge on any atom is 0.246 e. The second kappa shape index (κ2) is 8.28. The molecule has 2 saturated heterocycles. The van der Waals surface area contributed by atoms with Crippen LogP contribution in [0.1, 0.15) is 24.0 Å². The van der Waals surface area contributed by atoms with Gasteiger partial charge in [0.25, 0.3) is 0 Å². The molecule has 2 heterocycles. The zero-order chi connectivity index (χ0) is 17.6. The second-order valence-electron chi connectivity index (χ2n) is 6.95. The van der Waals surface area contributed by atoms with Gasteiger partial charge >= 0.3 is 0 Å². The molecule has 2 fully saturated rings. The van der Waals surface area contributed by atoms with Gasteiger partial charge in [0.2, 0.25) is 5.91 Å². The SMILES string of the molecule is CN1CCCC(N2CCN(C(=O)/C=C/c3ccccc3C#N)CC2)C1. The number of benzene rings is 1. The molecular formula is C20H26N4O. The Labute approximate surface area is 150 Å². The van der Waals surface area contributed by atoms with Crippen molar-refractivity contribution in [1.82, 2.24) is 14.7 Å². The van der Waals surface area contributed by atoms with E-state index in [1.165, 1.54) is 19.4 Å². The molecule has 5 heteroatoms. The van der Waals surface area contributed by atoms with E-state index < -0.39 is 0 Å². The number of piperazine rings is 1. The van der Waals surface area contributed by atoms with Crippen LogP contribution in [0.5, 0.6) is 0 Å². The molecule has 0 radical (unpaired) electrons. The molecule has 1 aromatic rings. The third kappa shape index (κ3) is 4.47. The number of amides is 1. The van der Waals surface area contributed by atoms with Crippen LogP contribution in [0.25, 0.3) is 6.08 Å². The molecule has 0 aromatic heterocycles. The molecule has 0 bridgehead atoms. The fourth-order valence-electron chi connectivity index (χ4n) is 3.76. The van der Waals surface area contributed by atoms with Gasteiger partial charge in [-0.15, -0.1) is 0 Å². The summed E-state index contributed by atoms with van der Waals surface area (Å²) in [6.45, 7) is 5.80. The van der Waals surface area contributed by atoms with Crippen molar-refractivity contribution < 1.29 is 4.79 Å². The normalized spacial score (nSPS) is 22.9. The van der Waals surface area contributed by atoms with Crippen LogP contribution in [0, 0.1) is 11.3 Å². The highest BCUT2D eigenvalue weighted by atomic mass is 16.2. The average molecular weight is 338 g/mol. The van der Waals surface area contributed by atoms with Crippen molar-refractivity contribution in [3.05, 3.63) is 41.5 Å². The zero-order valence-corrected chi connectivity index (χ0v) is 14.9. The van der Waals surface area contributed by atoms with Crippen molar-refractivity contribution in [2.45, 2.75) is 18.9 Å². The van der Waals surface area contributed by atoms with Crippen molar-refractivity contribution in [3.8, 4) is 6.07 Å². The van der Waals surface area contributed by atoms with Gasteiger partial charge in [-0.25, -0.2) is 0 Å². The summed E-state index contributed by atoms with van der Waals surface area (Å²) in [5.41, 5.74) is 1.39. The van der Waals surface area contributed by atoms with Crippen LogP contribution in [0.4, 0.5) is 0 Å². The molecule has 2 aliphatic rings. The van der Waals surface area contributed by atoms with Crippen LogP contribution in [-0.4, -0.2) is 73.0 Å². The average Bonchev–Trinajstić information content (AvgIpc) is 2.66. The summed E-state index contributed by atoms with van der Waals surface area (Å²) in [6.07, 6.45) is 5.88. The maximum atomic E-state index is 12.4. The van der Waals surface area contributed by atoms with E-state index in [-0.39, 0.29) is 5.91 Å². The number of hydrogen-bond acceptors (Lipinski definition) is 4. The van der Waals surface area contributed by atoms with E-state index in [4.69, 9.17) is 5.26 Å². The highest BCUT2D eigenvalue weighted by Crippen LogP contribution is 2.17. The van der Waals surface area contributed by atoms with Crippen LogP contribution >= 0.6 is 0 Å². The Balaban J connectivity index is 1.53. The maximum absolute atomic E-state index is 12.4. The fraction of sp³-hybridized carbons (Fsp3) is 0.500. The summed E-state index contributed by atoms with van der Waals surface area (Å²) < 4.78 is 0. The summed E-state index contributed by atoms with van der Waals surface area (Å²) in [6, 6.07) is 10.1. The van der Waals surface area contributed by atoms with Crippen LogP contribution in [-0.2, 0) is 4.79 Å². The lowest BCUT2D eigenvalue weighted by atomic mass is 10.0. The van der Waals surface area contributed by atoms with Crippen LogP contribution < -0.4 is 0 Å². The lowest BCUT2D eigenvalue weighted by Gasteiger charge is -2.42. The standard InChI is InChI=1S/C20H26N4O/c1-22-10-4-7-19(16-22)23-11-13-24(14-12-23)20(25)9-8-17-5-2-3-6-18(17)15-21/h2-3,5-6,8-9,19H,4,7,10-14,16H2,1H3/b9-8+. The van der Waals surface area contributed by atoms with Gasteiger partial charge < -0.3 is 9.80 Å². The Bertz CT molecular complexity index is 671. The summed E-state index contributed by atoms with van der Waals surface area (Å²) in [5.74, 6) is 0.0353. The van der Waals surface area contributed by atoms with Crippen LogP contribution in [0.2, 0.25) is 0 Å². The van der Waals surface area contributed by atoms with Gasteiger partial charge in [-0.1, -0.05) is 18.2 Å². The molecule has 0 saturated carbocycles. The first kappa shape index (κ1) is 17.7. The summed E-state index contributed by atoms with van der Waals surface area (Å²) in [4.78, 5) is 19.3. The summed E-state index contributed by atoms with van der Waals surface area (Å²) >= 11 is 0. The molecule has 2 aliphatic heterocycles. The lowest BCUT2D eigenvalue weighted by Crippen LogP contribution is -2.55. The van der Waals surface area contributed by atoms with E-state index in [9.17, 15) is 4.79 Å². The number of likely N-dealkylation sites (N-methyl/N-ethyl adjacent to an activating group) is 1. The van der Waals surface area contributed by atoms with Gasteiger partial charge in [0.05, 0.1) is 11.6 Å². The van der Waals surface area contributed by atoms with Crippen molar-refractivity contribution >= 4 is 12.0 Å². The number of carbonyl (C=O) groups is 1. The van der Waals surface area contributed by atoms with Crippen molar-refractivity contribution in [3.63, 3.8) is 0 Å². The van der Waals surface area contributed by atoms with E-state index >= 15 is 0 Å². The third-order valence-electron chi connectivity index (χ3n) is 5.23. The number of hydrogen-bond donors (Lipinski definition) is 0. The van der Waals surface area contributed by atoms with Crippen molar-refractivity contribution in [2.24, 2.45) is 0 Å². The number of nitrogens with zero attached hydrogens (tertiary/aromatic N) is 4. The Kier molecular flexibility index (Phi) is 5.85. The van der Waals surface area contributed by atoms with E-state index in [1.807, 2.05) is 23.1 Å². The molecule has 0 aliphatic carbocycles. The molecule has 1 atom stereocenters. The highest BCUT2D eigenvalue weighted by molar-refractivity contribution is 5.92. The minimum Gasteiger partial charge on any atom is -0.337 e. The quantitative estimate of drug-likeness (QED) is 0.789. The molecule has 1 aromatic carbocycles. The second-order valence-corrected chi connectivity index (χ2v) is 6.95. The first-order valence-corrected chi connectivity index (χ1v) is 9.06. The van der Waals surface area contributed by atoms with E-state index in [1.54, 1.807) is 18.2 Å². The smallest absolute Gasteiger partial charge is 0.246 e. The minimum atomic E-state index is 0.0353. The van der Waals surface area contributed by atoms with Crippen LogP contribution in [0.15, 0.2) is 30.3 Å². The topological polar surface area (TPSA) is 50.6 Å². The highest BCUT2D eigenvalue weighted by Gasteiger charge is 2.27. The number of piperidine rings is 1. The first-order valence-electron chi connectivity index (χ1n) is 9.06. The minimum absolute atomic E-state index is 0.0353. The molecule has 3 rings (SSSR count). The first-order chi connectivity index (χ1) is 12.2. The Morgan fingerprint density at radius 3 is 2.68 bits per heavy atom. The Hall–Kier alpha value is -2.16. The van der Waals surface area contributed by atoms with Gasteiger partial charge in [-0.3, -0.25) is 9.69 Å². The third-order valence-corrected chi connectivity index (χ3v) is 5.23. The Morgan fingerprint density at radius 1 is 1.20 bits per heavy atom. The van der Waals surface area contributed by atoms with Gasteiger partial charge in [0, 0.05) is 44.8 Å². The van der Waals surface area contributed by atoms with E-state index in [0.717, 1.165) is 38.3 Å². The molecule has 1 unspecified atom stereocenters. The van der Waals surface area contributed by atoms with Crippen molar-refractivity contribution in [2.75, 3.05) is 46.3 Å². The molecule has 1 amide bonds. The van der Waals surface area contributed by atoms with Gasteiger partial charge in [0.1, 0.15) is 0 Å². The number of nitriles is 1. The molecule has 25 heavy (non-hydrogen) atoms. The van der Waals surface area contributed by atoms with Gasteiger partial charge in [-0.05, 0) is 44.1 Å². The lowest BCUT2D eigenvalue weighted by molar-refractivity contribution is -0.128. The zero-order valence-electron chi connectivity index (χ0n) is 14.9. The molecule has 0 N–H and O–H groups in total.